The van der Waals surface area contributed by atoms with E-state index in [-0.39, 0.29) is 0 Å². The quantitative estimate of drug-likeness (QED) is 0.383. The minimum Gasteiger partial charge on any atom is -0.494 e. The van der Waals surface area contributed by atoms with E-state index in [0.717, 1.165) is 69.4 Å². The third-order valence-corrected chi connectivity index (χ3v) is 4.61. The van der Waals surface area contributed by atoms with Gasteiger partial charge in [0.1, 0.15) is 5.75 Å². The van der Waals surface area contributed by atoms with Crippen LogP contribution in [0.4, 0.5) is 0 Å². The van der Waals surface area contributed by atoms with Crippen molar-refractivity contribution < 1.29 is 9.47 Å². The smallest absolute Gasteiger partial charge is 0.187 e. The Morgan fingerprint density at radius 2 is 1.96 bits per heavy atom. The minimum atomic E-state index is 0.538. The molecule has 0 unspecified atom stereocenters. The largest absolute Gasteiger partial charge is 0.494 e. The van der Waals surface area contributed by atoms with Crippen molar-refractivity contribution in [3.05, 3.63) is 29.8 Å². The van der Waals surface area contributed by atoms with Crippen molar-refractivity contribution in [3.8, 4) is 5.75 Å². The number of rotatable bonds is 9. The van der Waals surface area contributed by atoms with Crippen molar-refractivity contribution in [2.24, 2.45) is 11.0 Å². The average Bonchev–Trinajstić information content (AvgIpc) is 2.67. The first kappa shape index (κ1) is 21.6. The highest BCUT2D eigenvalue weighted by Gasteiger charge is 2.09. The van der Waals surface area contributed by atoms with Gasteiger partial charge < -0.3 is 14.8 Å². The molecule has 0 spiro atoms. The summed E-state index contributed by atoms with van der Waals surface area (Å²) in [6, 6.07) is 7.99. The third-order valence-electron chi connectivity index (χ3n) is 4.38. The summed E-state index contributed by atoms with van der Waals surface area (Å²) in [5, 5.41) is 8.09. The van der Waals surface area contributed by atoms with Crippen LogP contribution in [0.2, 0.25) is 0 Å². The zero-order chi connectivity index (χ0) is 19.5. The van der Waals surface area contributed by atoms with E-state index in [2.05, 4.69) is 34.6 Å². The summed E-state index contributed by atoms with van der Waals surface area (Å²) in [6.07, 6.45) is 1.06. The molecule has 0 aromatic heterocycles. The first-order valence-corrected chi connectivity index (χ1v) is 10.1. The van der Waals surface area contributed by atoms with Crippen LogP contribution >= 0.6 is 12.2 Å². The lowest BCUT2D eigenvalue weighted by Crippen LogP contribution is -2.42. The van der Waals surface area contributed by atoms with E-state index in [1.165, 1.54) is 0 Å². The maximum atomic E-state index is 5.75. The SMILES string of the molecule is C/C(=N/NC(=S)NCCN1CCOCC1)c1ccc(OCCC(C)C)cc1. The number of hydrogen-bond acceptors (Lipinski definition) is 5. The highest BCUT2D eigenvalue weighted by atomic mass is 32.1. The maximum Gasteiger partial charge on any atom is 0.187 e. The number of nitrogens with one attached hydrogen (secondary N) is 2. The van der Waals surface area contributed by atoms with Crippen LogP contribution in [0.3, 0.4) is 0 Å². The lowest BCUT2D eigenvalue weighted by Gasteiger charge is -2.26. The van der Waals surface area contributed by atoms with Crippen LogP contribution in [0.1, 0.15) is 32.8 Å². The van der Waals surface area contributed by atoms with Gasteiger partial charge in [-0.1, -0.05) is 13.8 Å². The van der Waals surface area contributed by atoms with Gasteiger partial charge in [0.25, 0.3) is 0 Å². The molecule has 7 heteroatoms. The van der Waals surface area contributed by atoms with Gasteiger partial charge in [-0.3, -0.25) is 10.3 Å². The molecular weight excluding hydrogens is 360 g/mol. The second kappa shape index (κ2) is 11.9. The average molecular weight is 393 g/mol. The standard InChI is InChI=1S/C20H32N4O2S/c1-16(2)8-13-26-19-6-4-18(5-7-19)17(3)22-23-20(27)21-9-10-24-11-14-25-15-12-24/h4-7,16H,8-15H2,1-3H3,(H2,21,23,27)/b22-17-. The predicted octanol–water partition coefficient (Wildman–Crippen LogP) is 2.63. The minimum absolute atomic E-state index is 0.538. The molecule has 150 valence electrons. The van der Waals surface area contributed by atoms with Gasteiger partial charge in [-0.2, -0.15) is 5.10 Å². The maximum absolute atomic E-state index is 5.75. The topological polar surface area (TPSA) is 58.1 Å². The van der Waals surface area contributed by atoms with E-state index in [9.17, 15) is 0 Å². The fourth-order valence-corrected chi connectivity index (χ4v) is 2.74. The molecule has 1 aromatic carbocycles. The number of ether oxygens (including phenoxy) is 2. The van der Waals surface area contributed by atoms with Crippen LogP contribution in [-0.2, 0) is 4.74 Å². The Morgan fingerprint density at radius 1 is 1.26 bits per heavy atom. The molecule has 1 saturated heterocycles. The molecule has 27 heavy (non-hydrogen) atoms. The zero-order valence-corrected chi connectivity index (χ0v) is 17.5. The Labute approximate surface area is 168 Å². The number of benzene rings is 1. The lowest BCUT2D eigenvalue weighted by molar-refractivity contribution is 0.0389. The Balaban J connectivity index is 1.69. The molecule has 2 N–H and O–H groups in total. The molecular formula is C20H32N4O2S. The first-order valence-electron chi connectivity index (χ1n) is 9.66. The van der Waals surface area contributed by atoms with Crippen molar-refractivity contribution in [1.82, 2.24) is 15.6 Å². The van der Waals surface area contributed by atoms with Gasteiger partial charge in [0.05, 0.1) is 25.5 Å². The molecule has 1 aliphatic rings. The second-order valence-corrected chi connectivity index (χ2v) is 7.48. The van der Waals surface area contributed by atoms with Crippen LogP contribution in [0.25, 0.3) is 0 Å². The summed E-state index contributed by atoms with van der Waals surface area (Å²) in [6.45, 7) is 12.4. The molecule has 1 aromatic rings. The first-order chi connectivity index (χ1) is 13.0. The van der Waals surface area contributed by atoms with Gasteiger partial charge in [0, 0.05) is 26.2 Å². The fraction of sp³-hybridized carbons (Fsp3) is 0.600. The Morgan fingerprint density at radius 3 is 2.63 bits per heavy atom. The molecule has 2 rings (SSSR count). The van der Waals surface area contributed by atoms with Gasteiger partial charge in [-0.25, -0.2) is 0 Å². The highest BCUT2D eigenvalue weighted by molar-refractivity contribution is 7.80. The van der Waals surface area contributed by atoms with Crippen LogP contribution in [0.5, 0.6) is 5.75 Å². The van der Waals surface area contributed by atoms with Gasteiger partial charge >= 0.3 is 0 Å². The molecule has 1 fully saturated rings. The van der Waals surface area contributed by atoms with Gasteiger partial charge in [0.2, 0.25) is 0 Å². The Bertz CT molecular complexity index is 599. The number of thiocarbonyl (C=S) groups is 1. The summed E-state index contributed by atoms with van der Waals surface area (Å²) < 4.78 is 11.1. The third kappa shape index (κ3) is 8.69. The molecule has 0 amide bonds. The monoisotopic (exact) mass is 392 g/mol. The van der Waals surface area contributed by atoms with E-state index in [4.69, 9.17) is 21.7 Å². The van der Waals surface area contributed by atoms with Gasteiger partial charge in [0.15, 0.2) is 5.11 Å². The van der Waals surface area contributed by atoms with E-state index in [0.29, 0.717) is 11.0 Å². The Kier molecular flexibility index (Phi) is 9.52. The van der Waals surface area contributed by atoms with Crippen molar-refractivity contribution in [3.63, 3.8) is 0 Å². The summed E-state index contributed by atoms with van der Waals surface area (Å²) >= 11 is 5.29. The summed E-state index contributed by atoms with van der Waals surface area (Å²) in [5.41, 5.74) is 4.83. The lowest BCUT2D eigenvalue weighted by atomic mass is 10.1. The van der Waals surface area contributed by atoms with E-state index < -0.39 is 0 Å². The van der Waals surface area contributed by atoms with Crippen LogP contribution in [0, 0.1) is 5.92 Å². The molecule has 0 saturated carbocycles. The molecule has 6 nitrogen and oxygen atoms in total. The molecule has 1 heterocycles. The van der Waals surface area contributed by atoms with Crippen LogP contribution in [0.15, 0.2) is 29.4 Å². The highest BCUT2D eigenvalue weighted by Crippen LogP contribution is 2.14. The van der Waals surface area contributed by atoms with E-state index >= 15 is 0 Å². The van der Waals surface area contributed by atoms with E-state index in [1.807, 2.05) is 31.2 Å². The number of morpholine rings is 1. The number of hydrogen-bond donors (Lipinski definition) is 2. The van der Waals surface area contributed by atoms with Gasteiger partial charge in [-0.05, 0) is 61.3 Å². The summed E-state index contributed by atoms with van der Waals surface area (Å²) in [5.74, 6) is 1.54. The van der Waals surface area contributed by atoms with Crippen molar-refractivity contribution in [1.29, 1.82) is 0 Å². The van der Waals surface area contributed by atoms with Crippen molar-refractivity contribution in [2.75, 3.05) is 46.0 Å². The fourth-order valence-electron chi connectivity index (χ4n) is 2.60. The number of hydrazone groups is 1. The molecule has 0 bridgehead atoms. The zero-order valence-electron chi connectivity index (χ0n) is 16.7. The van der Waals surface area contributed by atoms with Crippen LogP contribution < -0.4 is 15.5 Å². The summed E-state index contributed by atoms with van der Waals surface area (Å²) in [4.78, 5) is 2.36. The summed E-state index contributed by atoms with van der Waals surface area (Å²) in [7, 11) is 0. The second-order valence-electron chi connectivity index (χ2n) is 7.07. The molecule has 0 aliphatic carbocycles. The van der Waals surface area contributed by atoms with E-state index in [1.54, 1.807) is 0 Å². The van der Waals surface area contributed by atoms with Crippen molar-refractivity contribution in [2.45, 2.75) is 27.2 Å². The van der Waals surface area contributed by atoms with Gasteiger partial charge in [-0.15, -0.1) is 0 Å². The van der Waals surface area contributed by atoms with Crippen molar-refractivity contribution >= 4 is 23.0 Å². The van der Waals surface area contributed by atoms with Crippen LogP contribution in [-0.4, -0.2) is 61.7 Å². The normalized spacial score (nSPS) is 15.6. The molecule has 0 atom stereocenters. The molecule has 0 radical (unpaired) electrons. The predicted molar refractivity (Wildman–Crippen MR) is 115 cm³/mol. The Hall–Kier alpha value is -1.70. The number of nitrogens with zero attached hydrogens (tertiary/aromatic N) is 2. The molecule has 1 aliphatic heterocycles.